The minimum atomic E-state index is -1.26. The van der Waals surface area contributed by atoms with E-state index in [-0.39, 0.29) is 79.1 Å². The van der Waals surface area contributed by atoms with Crippen molar-refractivity contribution < 1.29 is 48.3 Å². The molecule has 5 rings (SSSR count). The summed E-state index contributed by atoms with van der Waals surface area (Å²) >= 11 is 0. The van der Waals surface area contributed by atoms with Gasteiger partial charge in [-0.05, 0) is 12.1 Å². The second-order valence-corrected chi connectivity index (χ2v) is 9.48. The molecule has 4 aromatic carbocycles. The van der Waals surface area contributed by atoms with Gasteiger partial charge >= 0.3 is 11.9 Å². The Balaban J connectivity index is 1.63. The van der Waals surface area contributed by atoms with Crippen LogP contribution in [0, 0.1) is 0 Å². The molecule has 224 valence electrons. The highest BCUT2D eigenvalue weighted by atomic mass is 16.5. The molecule has 4 aromatic rings. The highest BCUT2D eigenvalue weighted by Crippen LogP contribution is 2.41. The van der Waals surface area contributed by atoms with E-state index in [0.717, 1.165) is 0 Å². The molecule has 0 unspecified atom stereocenters. The lowest BCUT2D eigenvalue weighted by molar-refractivity contribution is 0.0686. The van der Waals surface area contributed by atoms with Crippen molar-refractivity contribution >= 4 is 46.3 Å². The third-order valence-electron chi connectivity index (χ3n) is 7.12. The van der Waals surface area contributed by atoms with Crippen molar-refractivity contribution in [2.75, 3.05) is 39.1 Å². The van der Waals surface area contributed by atoms with E-state index < -0.39 is 23.5 Å². The van der Waals surface area contributed by atoms with Gasteiger partial charge in [0.25, 0.3) is 0 Å². The first-order valence-corrected chi connectivity index (χ1v) is 13.0. The molecular formula is C32H26N2O10. The van der Waals surface area contributed by atoms with Crippen LogP contribution in [0.1, 0.15) is 52.6 Å². The standard InChI is InChI=1S/C32H26N2O10/c1-41-23-11-17(31(37)38)21(13-25(23)43-3)33-19-9-5-7-15-27(19)30(36)28-16(29(15)35)8-6-10-20(28)34-22-14-26(44-4)24(42-2)12-18(22)32(39)40/h5-14,33-34H,1-4H3,(H,37,38)(H,39,40). The van der Waals surface area contributed by atoms with Crippen molar-refractivity contribution in [1.82, 2.24) is 0 Å². The molecule has 0 aliphatic heterocycles. The first kappa shape index (κ1) is 29.5. The number of carbonyl (C=O) groups is 4. The van der Waals surface area contributed by atoms with E-state index in [1.807, 2.05) is 0 Å². The number of carboxylic acid groups (broad SMARTS) is 2. The molecule has 0 amide bonds. The van der Waals surface area contributed by atoms with Crippen LogP contribution in [0.25, 0.3) is 0 Å². The number of carbonyl (C=O) groups excluding carboxylic acids is 2. The number of carboxylic acids is 2. The average Bonchev–Trinajstić information content (AvgIpc) is 3.02. The summed E-state index contributed by atoms with van der Waals surface area (Å²) < 4.78 is 21.1. The summed E-state index contributed by atoms with van der Waals surface area (Å²) in [4.78, 5) is 52.1. The molecular weight excluding hydrogens is 572 g/mol. The van der Waals surface area contributed by atoms with Crippen LogP contribution >= 0.6 is 0 Å². The van der Waals surface area contributed by atoms with Gasteiger partial charge in [-0.1, -0.05) is 24.3 Å². The van der Waals surface area contributed by atoms with E-state index in [2.05, 4.69) is 10.6 Å². The lowest BCUT2D eigenvalue weighted by Gasteiger charge is -2.24. The first-order valence-electron chi connectivity index (χ1n) is 13.0. The van der Waals surface area contributed by atoms with E-state index in [4.69, 9.17) is 18.9 Å². The van der Waals surface area contributed by atoms with Crippen LogP contribution in [-0.4, -0.2) is 62.2 Å². The number of benzene rings is 4. The zero-order valence-electron chi connectivity index (χ0n) is 23.9. The predicted octanol–water partition coefficient (Wildman–Crippen LogP) is 5.38. The van der Waals surface area contributed by atoms with Gasteiger partial charge in [0.2, 0.25) is 0 Å². The molecule has 1 aliphatic carbocycles. The Morgan fingerprint density at radius 1 is 0.545 bits per heavy atom. The van der Waals surface area contributed by atoms with Gasteiger partial charge in [-0.3, -0.25) is 9.59 Å². The molecule has 44 heavy (non-hydrogen) atoms. The van der Waals surface area contributed by atoms with Crippen LogP contribution < -0.4 is 29.6 Å². The third-order valence-corrected chi connectivity index (χ3v) is 7.12. The van der Waals surface area contributed by atoms with Gasteiger partial charge < -0.3 is 39.8 Å². The lowest BCUT2D eigenvalue weighted by atomic mass is 9.82. The molecule has 0 heterocycles. The molecule has 0 aromatic heterocycles. The quantitative estimate of drug-likeness (QED) is 0.162. The van der Waals surface area contributed by atoms with Gasteiger partial charge in [0.1, 0.15) is 0 Å². The molecule has 0 radical (unpaired) electrons. The number of methoxy groups -OCH3 is 4. The Hall–Kier alpha value is -6.04. The normalized spacial score (nSPS) is 11.6. The Morgan fingerprint density at radius 3 is 1.25 bits per heavy atom. The molecule has 1 aliphatic rings. The third kappa shape index (κ3) is 4.98. The topological polar surface area (TPSA) is 170 Å². The van der Waals surface area contributed by atoms with E-state index >= 15 is 0 Å². The van der Waals surface area contributed by atoms with Gasteiger partial charge in [0, 0.05) is 35.4 Å². The summed E-state index contributed by atoms with van der Waals surface area (Å²) in [5, 5.41) is 25.7. The molecule has 0 saturated heterocycles. The number of ketones is 2. The summed E-state index contributed by atoms with van der Waals surface area (Å²) in [6, 6.07) is 14.7. The van der Waals surface area contributed by atoms with E-state index in [1.165, 1.54) is 64.8 Å². The van der Waals surface area contributed by atoms with E-state index in [9.17, 15) is 29.4 Å². The van der Waals surface area contributed by atoms with Gasteiger partial charge in [0.15, 0.2) is 34.6 Å². The van der Waals surface area contributed by atoms with Crippen LogP contribution in [-0.2, 0) is 0 Å². The number of hydrogen-bond acceptors (Lipinski definition) is 10. The zero-order chi connectivity index (χ0) is 31.7. The lowest BCUT2D eigenvalue weighted by Crippen LogP contribution is -2.23. The van der Waals surface area contributed by atoms with Gasteiger partial charge in [0.05, 0.1) is 73.4 Å². The number of fused-ring (bicyclic) bond motifs is 2. The highest BCUT2D eigenvalue weighted by molar-refractivity contribution is 6.32. The van der Waals surface area contributed by atoms with E-state index in [0.29, 0.717) is 0 Å². The first-order chi connectivity index (χ1) is 21.1. The van der Waals surface area contributed by atoms with Crippen LogP contribution in [0.15, 0.2) is 60.7 Å². The molecule has 12 nitrogen and oxygen atoms in total. The van der Waals surface area contributed by atoms with Crippen molar-refractivity contribution in [3.05, 3.63) is 94.0 Å². The Morgan fingerprint density at radius 2 is 0.909 bits per heavy atom. The van der Waals surface area contributed by atoms with Crippen molar-refractivity contribution in [3.8, 4) is 23.0 Å². The van der Waals surface area contributed by atoms with Crippen LogP contribution in [0.3, 0.4) is 0 Å². The predicted molar refractivity (Wildman–Crippen MR) is 159 cm³/mol. The summed E-state index contributed by atoms with van der Waals surface area (Å²) in [5.41, 5.74) is 0.460. The SMILES string of the molecule is COc1cc(Nc2cccc3c2C(=O)c2c(Nc4cc(OC)c(OC)cc4C(=O)O)cccc2C3=O)c(C(=O)O)cc1OC. The Labute approximate surface area is 250 Å². The summed E-state index contributed by atoms with van der Waals surface area (Å²) in [7, 11) is 5.54. The maximum atomic E-state index is 14.2. The van der Waals surface area contributed by atoms with Gasteiger partial charge in [-0.15, -0.1) is 0 Å². The number of hydrogen-bond donors (Lipinski definition) is 4. The molecule has 4 N–H and O–H groups in total. The monoisotopic (exact) mass is 598 g/mol. The largest absolute Gasteiger partial charge is 0.493 e. The van der Waals surface area contributed by atoms with Gasteiger partial charge in [-0.2, -0.15) is 0 Å². The summed E-state index contributed by atoms with van der Waals surface area (Å²) in [6.45, 7) is 0. The summed E-state index contributed by atoms with van der Waals surface area (Å²) in [6.07, 6.45) is 0. The molecule has 0 fully saturated rings. The smallest absolute Gasteiger partial charge is 0.337 e. The molecule has 0 atom stereocenters. The Kier molecular flexibility index (Phi) is 7.82. The van der Waals surface area contributed by atoms with Crippen molar-refractivity contribution in [3.63, 3.8) is 0 Å². The number of nitrogens with one attached hydrogen (secondary N) is 2. The average molecular weight is 599 g/mol. The number of rotatable bonds is 10. The molecule has 0 bridgehead atoms. The van der Waals surface area contributed by atoms with Crippen molar-refractivity contribution in [2.45, 2.75) is 0 Å². The fourth-order valence-electron chi connectivity index (χ4n) is 5.06. The number of ether oxygens (including phenoxy) is 4. The van der Waals surface area contributed by atoms with Crippen molar-refractivity contribution in [1.29, 1.82) is 0 Å². The number of aromatic carboxylic acids is 2. The highest BCUT2D eigenvalue weighted by Gasteiger charge is 2.34. The number of anilines is 4. The Bertz CT molecular complexity index is 1730. The minimum absolute atomic E-state index is 0.0103. The second-order valence-electron chi connectivity index (χ2n) is 9.48. The van der Waals surface area contributed by atoms with Crippen LogP contribution in [0.5, 0.6) is 23.0 Å². The summed E-state index contributed by atoms with van der Waals surface area (Å²) in [5.74, 6) is -2.65. The van der Waals surface area contributed by atoms with Crippen LogP contribution in [0.2, 0.25) is 0 Å². The molecule has 12 heteroatoms. The second kappa shape index (κ2) is 11.7. The zero-order valence-corrected chi connectivity index (χ0v) is 23.9. The van der Waals surface area contributed by atoms with Gasteiger partial charge in [-0.25, -0.2) is 9.59 Å². The maximum Gasteiger partial charge on any atom is 0.337 e. The molecule has 0 spiro atoms. The van der Waals surface area contributed by atoms with Crippen molar-refractivity contribution in [2.24, 2.45) is 0 Å². The minimum Gasteiger partial charge on any atom is -0.493 e. The fraction of sp³-hybridized carbons (Fsp3) is 0.125. The fourth-order valence-corrected chi connectivity index (χ4v) is 5.06. The van der Waals surface area contributed by atoms with Crippen LogP contribution in [0.4, 0.5) is 22.7 Å². The maximum absolute atomic E-state index is 14.2. The molecule has 0 saturated carbocycles. The van der Waals surface area contributed by atoms with E-state index in [1.54, 1.807) is 24.3 Å².